The molecule has 37 heavy (non-hydrogen) atoms. The molecule has 2 rings (SSSR count). The maximum atomic E-state index is 13.9. The van der Waals surface area contributed by atoms with Gasteiger partial charge in [-0.25, -0.2) is 4.79 Å². The fourth-order valence-electron chi connectivity index (χ4n) is 3.71. The molecule has 8 heteroatoms. The van der Waals surface area contributed by atoms with Crippen LogP contribution in [-0.4, -0.2) is 53.0 Å². The topological polar surface area (TPSA) is 87.7 Å². The number of nitrogens with one attached hydrogen (secondary N) is 2. The van der Waals surface area contributed by atoms with Gasteiger partial charge in [-0.1, -0.05) is 66.2 Å². The quantitative estimate of drug-likeness (QED) is 0.380. The maximum Gasteiger partial charge on any atom is 0.408 e. The fourth-order valence-corrected chi connectivity index (χ4v) is 4.18. The van der Waals surface area contributed by atoms with Crippen molar-refractivity contribution < 1.29 is 19.1 Å². The summed E-state index contributed by atoms with van der Waals surface area (Å²) in [6, 6.07) is 15.3. The third-order valence-electron chi connectivity index (χ3n) is 5.47. The van der Waals surface area contributed by atoms with Crippen LogP contribution in [0.15, 0.2) is 67.3 Å². The molecule has 0 fully saturated rings. The molecule has 2 aromatic carbocycles. The first-order chi connectivity index (χ1) is 17.6. The molecule has 200 valence electrons. The van der Waals surface area contributed by atoms with Crippen molar-refractivity contribution in [3.8, 4) is 0 Å². The van der Waals surface area contributed by atoms with E-state index in [4.69, 9.17) is 4.74 Å². The molecule has 2 unspecified atom stereocenters. The number of rotatable bonds is 12. The standard InChI is InChI=1S/C29H39N3O4S/c1-7-18-32(27(34)24(17-19-37-6)31-28(35)36-29(3,4)5)25(23-15-13-21(2)14-16-23)26(33)30-20-22-11-9-8-10-12-22/h7-16,24-25H,1,17-20H2,2-6H3,(H,30,33)(H,31,35). The first-order valence-corrected chi connectivity index (χ1v) is 13.7. The van der Waals surface area contributed by atoms with E-state index in [1.807, 2.05) is 67.8 Å². The van der Waals surface area contributed by atoms with Crippen molar-refractivity contribution in [2.75, 3.05) is 18.6 Å². The molecular weight excluding hydrogens is 486 g/mol. The van der Waals surface area contributed by atoms with Crippen LogP contribution in [0.2, 0.25) is 0 Å². The Morgan fingerprint density at radius 2 is 1.73 bits per heavy atom. The number of thioether (sulfide) groups is 1. The molecule has 0 heterocycles. The first kappa shape index (κ1) is 30.0. The Labute approximate surface area is 225 Å². The lowest BCUT2D eigenvalue weighted by Crippen LogP contribution is -2.53. The van der Waals surface area contributed by atoms with Crippen LogP contribution in [0.5, 0.6) is 0 Å². The van der Waals surface area contributed by atoms with Crippen LogP contribution in [0.3, 0.4) is 0 Å². The highest BCUT2D eigenvalue weighted by atomic mass is 32.2. The van der Waals surface area contributed by atoms with E-state index in [1.54, 1.807) is 38.6 Å². The molecule has 3 amide bonds. The second-order valence-corrected chi connectivity index (χ2v) is 10.8. The lowest BCUT2D eigenvalue weighted by atomic mass is 10.0. The molecule has 7 nitrogen and oxygen atoms in total. The summed E-state index contributed by atoms with van der Waals surface area (Å²) < 4.78 is 5.40. The van der Waals surface area contributed by atoms with E-state index in [9.17, 15) is 14.4 Å². The molecule has 0 aliphatic heterocycles. The predicted octanol–water partition coefficient (Wildman–Crippen LogP) is 5.01. The van der Waals surface area contributed by atoms with Crippen LogP contribution < -0.4 is 10.6 Å². The van der Waals surface area contributed by atoms with E-state index in [-0.39, 0.29) is 18.4 Å². The van der Waals surface area contributed by atoms with Gasteiger partial charge < -0.3 is 20.3 Å². The number of ether oxygens (including phenoxy) is 1. The summed E-state index contributed by atoms with van der Waals surface area (Å²) in [6.07, 6.45) is 3.23. The summed E-state index contributed by atoms with van der Waals surface area (Å²) in [5, 5.41) is 5.70. The Balaban J connectivity index is 2.39. The van der Waals surface area contributed by atoms with Crippen molar-refractivity contribution in [2.24, 2.45) is 0 Å². The van der Waals surface area contributed by atoms with E-state index in [0.29, 0.717) is 24.3 Å². The van der Waals surface area contributed by atoms with Crippen LogP contribution in [0, 0.1) is 6.92 Å². The van der Waals surface area contributed by atoms with Gasteiger partial charge in [-0.3, -0.25) is 9.59 Å². The highest BCUT2D eigenvalue weighted by Gasteiger charge is 2.35. The van der Waals surface area contributed by atoms with E-state index in [0.717, 1.165) is 11.1 Å². The number of hydrogen-bond acceptors (Lipinski definition) is 5. The van der Waals surface area contributed by atoms with Gasteiger partial charge in [0.15, 0.2) is 0 Å². The lowest BCUT2D eigenvalue weighted by Gasteiger charge is -2.34. The molecule has 0 aliphatic rings. The number of nitrogens with zero attached hydrogens (tertiary/aromatic N) is 1. The third kappa shape index (κ3) is 9.96. The molecule has 0 aromatic heterocycles. The average molecular weight is 526 g/mol. The zero-order valence-electron chi connectivity index (χ0n) is 22.5. The van der Waals surface area contributed by atoms with Crippen molar-refractivity contribution in [3.63, 3.8) is 0 Å². The van der Waals surface area contributed by atoms with Gasteiger partial charge in [0, 0.05) is 13.1 Å². The number of hydrogen-bond donors (Lipinski definition) is 2. The SMILES string of the molecule is C=CCN(C(=O)C(CCSC)NC(=O)OC(C)(C)C)C(C(=O)NCc1ccccc1)c1ccc(C)cc1. The van der Waals surface area contributed by atoms with Crippen molar-refractivity contribution in [2.45, 2.75) is 58.3 Å². The van der Waals surface area contributed by atoms with E-state index in [2.05, 4.69) is 17.2 Å². The summed E-state index contributed by atoms with van der Waals surface area (Å²) >= 11 is 1.57. The second-order valence-electron chi connectivity index (χ2n) is 9.78. The fraction of sp³-hybridized carbons (Fsp3) is 0.414. The smallest absolute Gasteiger partial charge is 0.408 e. The minimum Gasteiger partial charge on any atom is -0.444 e. The first-order valence-electron chi connectivity index (χ1n) is 12.3. The monoisotopic (exact) mass is 525 g/mol. The summed E-state index contributed by atoms with van der Waals surface area (Å²) in [4.78, 5) is 41.6. The van der Waals surface area contributed by atoms with Gasteiger partial charge in [0.05, 0.1) is 0 Å². The van der Waals surface area contributed by atoms with Crippen molar-refractivity contribution in [1.82, 2.24) is 15.5 Å². The Bertz CT molecular complexity index is 1040. The summed E-state index contributed by atoms with van der Waals surface area (Å²) in [5.41, 5.74) is 1.95. The van der Waals surface area contributed by atoms with Crippen LogP contribution in [0.4, 0.5) is 4.79 Å². The van der Waals surface area contributed by atoms with Gasteiger partial charge in [-0.15, -0.1) is 6.58 Å². The molecule has 0 radical (unpaired) electrons. The van der Waals surface area contributed by atoms with Gasteiger partial charge >= 0.3 is 6.09 Å². The summed E-state index contributed by atoms with van der Waals surface area (Å²) in [5.74, 6) is -0.0483. The Morgan fingerprint density at radius 3 is 2.30 bits per heavy atom. The zero-order chi connectivity index (χ0) is 27.4. The van der Waals surface area contributed by atoms with Crippen molar-refractivity contribution in [3.05, 3.63) is 83.9 Å². The third-order valence-corrected chi connectivity index (χ3v) is 6.12. The highest BCUT2D eigenvalue weighted by molar-refractivity contribution is 7.98. The number of carbonyl (C=O) groups excluding carboxylic acids is 3. The Hall–Kier alpha value is -3.26. The molecule has 0 saturated carbocycles. The normalized spacial score (nSPS) is 12.7. The number of benzene rings is 2. The van der Waals surface area contributed by atoms with Crippen LogP contribution in [0.1, 0.15) is 49.9 Å². The zero-order valence-corrected chi connectivity index (χ0v) is 23.3. The molecular formula is C29H39N3O4S. The molecule has 2 N–H and O–H groups in total. The van der Waals surface area contributed by atoms with Crippen LogP contribution >= 0.6 is 11.8 Å². The molecule has 0 bridgehead atoms. The second kappa shape index (κ2) is 14.5. The van der Waals surface area contributed by atoms with Gasteiger partial charge in [0.2, 0.25) is 11.8 Å². The minimum atomic E-state index is -0.910. The summed E-state index contributed by atoms with van der Waals surface area (Å²) in [6.45, 7) is 11.5. The van der Waals surface area contributed by atoms with Crippen molar-refractivity contribution in [1.29, 1.82) is 0 Å². The molecule has 0 aliphatic carbocycles. The molecule has 0 spiro atoms. The van der Waals surface area contributed by atoms with Crippen LogP contribution in [0.25, 0.3) is 0 Å². The summed E-state index contributed by atoms with van der Waals surface area (Å²) in [7, 11) is 0. The van der Waals surface area contributed by atoms with Gasteiger partial charge in [-0.2, -0.15) is 11.8 Å². The molecule has 2 aromatic rings. The Morgan fingerprint density at radius 1 is 1.08 bits per heavy atom. The maximum absolute atomic E-state index is 13.9. The van der Waals surface area contributed by atoms with E-state index >= 15 is 0 Å². The number of amides is 3. The van der Waals surface area contributed by atoms with Gasteiger partial charge in [0.25, 0.3) is 0 Å². The van der Waals surface area contributed by atoms with E-state index < -0.39 is 23.8 Å². The lowest BCUT2D eigenvalue weighted by molar-refractivity contribution is -0.142. The van der Waals surface area contributed by atoms with Crippen molar-refractivity contribution >= 4 is 29.7 Å². The number of carbonyl (C=O) groups is 3. The number of alkyl carbamates (subject to hydrolysis) is 1. The molecule has 2 atom stereocenters. The van der Waals surface area contributed by atoms with Gasteiger partial charge in [-0.05, 0) is 57.3 Å². The number of aryl methyl sites for hydroxylation is 1. The minimum absolute atomic E-state index is 0.127. The predicted molar refractivity (Wildman–Crippen MR) is 150 cm³/mol. The van der Waals surface area contributed by atoms with Gasteiger partial charge in [0.1, 0.15) is 17.7 Å². The largest absolute Gasteiger partial charge is 0.444 e. The Kier molecular flexibility index (Phi) is 11.7. The highest BCUT2D eigenvalue weighted by Crippen LogP contribution is 2.24. The average Bonchev–Trinajstić information content (AvgIpc) is 2.85. The molecule has 0 saturated heterocycles. The van der Waals surface area contributed by atoms with E-state index in [1.165, 1.54) is 4.90 Å². The van der Waals surface area contributed by atoms with Crippen LogP contribution in [-0.2, 0) is 20.9 Å².